The number of ether oxygens (including phenoxy) is 1. The lowest BCUT2D eigenvalue weighted by Crippen LogP contribution is -2.21. The molecule has 1 unspecified atom stereocenters. The third-order valence-electron chi connectivity index (χ3n) is 4.74. The Labute approximate surface area is 153 Å². The van der Waals surface area contributed by atoms with Crippen LogP contribution in [0.1, 0.15) is 24.5 Å². The highest BCUT2D eigenvalue weighted by molar-refractivity contribution is 6.09. The minimum absolute atomic E-state index is 0.105. The van der Waals surface area contributed by atoms with Crippen LogP contribution < -0.4 is 4.74 Å². The zero-order valence-corrected chi connectivity index (χ0v) is 14.9. The molecule has 2 aromatic rings. The van der Waals surface area contributed by atoms with Crippen molar-refractivity contribution in [1.82, 2.24) is 4.98 Å². The molecule has 26 heavy (non-hydrogen) atoms. The molecule has 1 aliphatic rings. The summed E-state index contributed by atoms with van der Waals surface area (Å²) in [4.78, 5) is 16.7. The zero-order valence-electron chi connectivity index (χ0n) is 14.9. The number of methoxy groups -OCH3 is 1. The number of hydrogen-bond donors (Lipinski definition) is 0. The molecular weight excluding hydrogens is 324 g/mol. The number of nitrogens with zero attached hydrogens (tertiary/aromatic N) is 2. The number of nitriles is 1. The summed E-state index contributed by atoms with van der Waals surface area (Å²) in [5.74, 6) is -0.0256. The van der Waals surface area contributed by atoms with Crippen molar-refractivity contribution in [3.63, 3.8) is 0 Å². The topological polar surface area (TPSA) is 63.0 Å². The second-order valence-corrected chi connectivity index (χ2v) is 6.26. The van der Waals surface area contributed by atoms with E-state index in [0.29, 0.717) is 5.57 Å². The standard InChI is InChI=1S/C22H20N2O2/c1-15-18(6-3-16-4-7-19(26-2)8-5-16)13-20(21(14-23)22(15)25)17-9-11-24-12-10-17/h4-5,7-13,21H,3,6H2,1-2H3. The van der Waals surface area contributed by atoms with Crippen molar-refractivity contribution in [3.05, 3.63) is 77.1 Å². The molecule has 3 rings (SSSR count). The van der Waals surface area contributed by atoms with E-state index >= 15 is 0 Å². The van der Waals surface area contributed by atoms with Crippen LogP contribution in [0.2, 0.25) is 0 Å². The fraction of sp³-hybridized carbons (Fsp3) is 0.227. The average molecular weight is 344 g/mol. The smallest absolute Gasteiger partial charge is 0.180 e. The molecule has 0 bridgehead atoms. The van der Waals surface area contributed by atoms with Gasteiger partial charge in [0.1, 0.15) is 11.7 Å². The summed E-state index contributed by atoms with van der Waals surface area (Å²) in [7, 11) is 1.65. The van der Waals surface area contributed by atoms with Crippen LogP contribution in [0.4, 0.5) is 0 Å². The van der Waals surface area contributed by atoms with Crippen LogP contribution in [0.5, 0.6) is 5.75 Å². The minimum atomic E-state index is -0.748. The number of rotatable bonds is 5. The molecule has 4 nitrogen and oxygen atoms in total. The predicted octanol–water partition coefficient (Wildman–Crippen LogP) is 4.15. The highest BCUT2D eigenvalue weighted by Crippen LogP contribution is 2.34. The van der Waals surface area contributed by atoms with Crippen molar-refractivity contribution in [2.24, 2.45) is 5.92 Å². The Kier molecular flexibility index (Phi) is 5.28. The number of pyridine rings is 1. The molecule has 1 heterocycles. The van der Waals surface area contributed by atoms with Gasteiger partial charge in [0.15, 0.2) is 5.78 Å². The number of benzene rings is 1. The second-order valence-electron chi connectivity index (χ2n) is 6.26. The maximum atomic E-state index is 12.7. The van der Waals surface area contributed by atoms with E-state index in [4.69, 9.17) is 4.74 Å². The second kappa shape index (κ2) is 7.79. The van der Waals surface area contributed by atoms with Gasteiger partial charge in [-0.2, -0.15) is 5.26 Å². The maximum Gasteiger partial charge on any atom is 0.180 e. The van der Waals surface area contributed by atoms with E-state index in [2.05, 4.69) is 11.1 Å². The number of aryl methyl sites for hydroxylation is 1. The maximum absolute atomic E-state index is 12.7. The molecule has 1 aromatic heterocycles. The number of carbonyl (C=O) groups excluding carboxylic acids is 1. The number of carbonyl (C=O) groups is 1. The Balaban J connectivity index is 1.87. The number of hydrogen-bond acceptors (Lipinski definition) is 4. The molecule has 0 fully saturated rings. The molecule has 0 aliphatic heterocycles. The summed E-state index contributed by atoms with van der Waals surface area (Å²) in [6.07, 6.45) is 6.93. The lowest BCUT2D eigenvalue weighted by molar-refractivity contribution is -0.116. The van der Waals surface area contributed by atoms with E-state index in [-0.39, 0.29) is 5.78 Å². The van der Waals surface area contributed by atoms with Gasteiger partial charge in [-0.25, -0.2) is 0 Å². The van der Waals surface area contributed by atoms with E-state index in [1.54, 1.807) is 19.5 Å². The van der Waals surface area contributed by atoms with Crippen LogP contribution in [-0.2, 0) is 11.2 Å². The van der Waals surface area contributed by atoms with Crippen molar-refractivity contribution >= 4 is 11.4 Å². The monoisotopic (exact) mass is 344 g/mol. The van der Waals surface area contributed by atoms with E-state index in [0.717, 1.165) is 35.3 Å². The fourth-order valence-corrected chi connectivity index (χ4v) is 3.15. The Bertz CT molecular complexity index is 903. The van der Waals surface area contributed by atoms with Crippen molar-refractivity contribution in [2.45, 2.75) is 19.8 Å². The first-order valence-electron chi connectivity index (χ1n) is 8.52. The predicted molar refractivity (Wildman–Crippen MR) is 100 cm³/mol. The first-order valence-corrected chi connectivity index (χ1v) is 8.52. The molecule has 1 atom stereocenters. The van der Waals surface area contributed by atoms with Gasteiger partial charge in [-0.15, -0.1) is 0 Å². The van der Waals surface area contributed by atoms with Gasteiger partial charge in [-0.3, -0.25) is 9.78 Å². The van der Waals surface area contributed by atoms with Gasteiger partial charge >= 0.3 is 0 Å². The Hall–Kier alpha value is -3.19. The molecule has 4 heteroatoms. The minimum Gasteiger partial charge on any atom is -0.497 e. The summed E-state index contributed by atoms with van der Waals surface area (Å²) in [6, 6.07) is 13.8. The largest absolute Gasteiger partial charge is 0.497 e. The molecular formula is C22H20N2O2. The van der Waals surface area contributed by atoms with Gasteiger partial charge in [0.2, 0.25) is 0 Å². The van der Waals surface area contributed by atoms with E-state index in [1.807, 2.05) is 49.4 Å². The molecule has 0 amide bonds. The van der Waals surface area contributed by atoms with Gasteiger partial charge in [0, 0.05) is 12.4 Å². The van der Waals surface area contributed by atoms with Crippen LogP contribution >= 0.6 is 0 Å². The Morgan fingerprint density at radius 2 is 1.81 bits per heavy atom. The summed E-state index contributed by atoms with van der Waals surface area (Å²) < 4.78 is 5.18. The molecule has 0 saturated carbocycles. The zero-order chi connectivity index (χ0) is 18.5. The van der Waals surface area contributed by atoms with Gasteiger partial charge in [0.25, 0.3) is 0 Å². The molecule has 1 aromatic carbocycles. The number of allylic oxidation sites excluding steroid dienone is 4. The van der Waals surface area contributed by atoms with E-state index < -0.39 is 5.92 Å². The van der Waals surface area contributed by atoms with Gasteiger partial charge in [0.05, 0.1) is 13.2 Å². The first-order chi connectivity index (χ1) is 12.6. The van der Waals surface area contributed by atoms with Crippen LogP contribution in [0.15, 0.2) is 66.0 Å². The van der Waals surface area contributed by atoms with Gasteiger partial charge < -0.3 is 4.74 Å². The Morgan fingerprint density at radius 3 is 2.42 bits per heavy atom. The number of ketones is 1. The molecule has 0 spiro atoms. The molecule has 1 aliphatic carbocycles. The summed E-state index contributed by atoms with van der Waals surface area (Å²) in [5, 5.41) is 9.49. The lowest BCUT2D eigenvalue weighted by atomic mass is 9.79. The normalized spacial score (nSPS) is 16.9. The molecule has 0 saturated heterocycles. The van der Waals surface area contributed by atoms with Crippen molar-refractivity contribution in [3.8, 4) is 11.8 Å². The number of Topliss-reactive ketones (excluding diaryl/α,β-unsaturated/α-hetero) is 1. The SMILES string of the molecule is COc1ccc(CCC2=C(C)C(=O)C(C#N)C(c3ccncc3)=C2)cc1. The molecule has 0 N–H and O–H groups in total. The quantitative estimate of drug-likeness (QED) is 0.817. The average Bonchev–Trinajstić information content (AvgIpc) is 2.70. The van der Waals surface area contributed by atoms with Crippen LogP contribution in [0, 0.1) is 17.2 Å². The van der Waals surface area contributed by atoms with Crippen molar-refractivity contribution in [1.29, 1.82) is 5.26 Å². The number of aromatic nitrogens is 1. The third-order valence-corrected chi connectivity index (χ3v) is 4.74. The van der Waals surface area contributed by atoms with Gasteiger partial charge in [-0.05, 0) is 71.9 Å². The van der Waals surface area contributed by atoms with Gasteiger partial charge in [-0.1, -0.05) is 18.2 Å². The highest BCUT2D eigenvalue weighted by Gasteiger charge is 2.30. The first kappa shape index (κ1) is 17.6. The highest BCUT2D eigenvalue weighted by atomic mass is 16.5. The van der Waals surface area contributed by atoms with Crippen LogP contribution in [0.3, 0.4) is 0 Å². The van der Waals surface area contributed by atoms with E-state index in [1.165, 1.54) is 5.56 Å². The third kappa shape index (κ3) is 3.57. The summed E-state index contributed by atoms with van der Waals surface area (Å²) in [6.45, 7) is 1.82. The molecule has 130 valence electrons. The summed E-state index contributed by atoms with van der Waals surface area (Å²) >= 11 is 0. The van der Waals surface area contributed by atoms with Crippen molar-refractivity contribution < 1.29 is 9.53 Å². The van der Waals surface area contributed by atoms with E-state index in [9.17, 15) is 10.1 Å². The molecule has 0 radical (unpaired) electrons. The van der Waals surface area contributed by atoms with Crippen molar-refractivity contribution in [2.75, 3.05) is 7.11 Å². The fourth-order valence-electron chi connectivity index (χ4n) is 3.15. The Morgan fingerprint density at radius 1 is 1.12 bits per heavy atom. The summed E-state index contributed by atoms with van der Waals surface area (Å²) in [5.41, 5.74) is 4.48. The lowest BCUT2D eigenvalue weighted by Gasteiger charge is -2.21. The van der Waals surface area contributed by atoms with Crippen LogP contribution in [-0.4, -0.2) is 17.9 Å². The van der Waals surface area contributed by atoms with Crippen LogP contribution in [0.25, 0.3) is 5.57 Å².